The van der Waals surface area contributed by atoms with E-state index in [4.69, 9.17) is 0 Å². The van der Waals surface area contributed by atoms with Gasteiger partial charge in [-0.25, -0.2) is 0 Å². The molecule has 1 atom stereocenters. The molecule has 0 bridgehead atoms. The Morgan fingerprint density at radius 2 is 1.65 bits per heavy atom. The Kier molecular flexibility index (Phi) is 7.09. The third-order valence-corrected chi connectivity index (χ3v) is 2.82. The van der Waals surface area contributed by atoms with Gasteiger partial charge in [-0.2, -0.15) is 13.2 Å². The van der Waals surface area contributed by atoms with Crippen LogP contribution in [0.25, 0.3) is 0 Å². The Bertz CT molecular complexity index is 202. The van der Waals surface area contributed by atoms with Gasteiger partial charge in [0.25, 0.3) is 0 Å². The van der Waals surface area contributed by atoms with Gasteiger partial charge in [0.15, 0.2) is 0 Å². The molecule has 0 aliphatic heterocycles. The van der Waals surface area contributed by atoms with Crippen LogP contribution in [0.3, 0.4) is 0 Å². The van der Waals surface area contributed by atoms with E-state index in [0.717, 1.165) is 6.54 Å². The molecule has 0 saturated carbocycles. The maximum atomic E-state index is 12.2. The van der Waals surface area contributed by atoms with E-state index in [-0.39, 0.29) is 12.6 Å². The monoisotopic (exact) mass is 254 g/mol. The van der Waals surface area contributed by atoms with Gasteiger partial charge in [-0.3, -0.25) is 0 Å². The number of nitrogens with zero attached hydrogens (tertiary/aromatic N) is 1. The van der Waals surface area contributed by atoms with Crippen molar-refractivity contribution in [2.45, 2.75) is 52.4 Å². The molecule has 0 aromatic carbocycles. The summed E-state index contributed by atoms with van der Waals surface area (Å²) in [6.45, 7) is 8.93. The lowest BCUT2D eigenvalue weighted by molar-refractivity contribution is -0.138. The third kappa shape index (κ3) is 8.44. The minimum absolute atomic E-state index is 0.0616. The van der Waals surface area contributed by atoms with Crippen LogP contribution in [0.4, 0.5) is 13.2 Å². The Morgan fingerprint density at radius 1 is 1.12 bits per heavy atom. The number of nitrogens with one attached hydrogen (secondary N) is 1. The molecule has 0 saturated heterocycles. The zero-order chi connectivity index (χ0) is 13.6. The van der Waals surface area contributed by atoms with E-state index >= 15 is 0 Å². The molecular formula is C12H25F3N2. The molecule has 2 nitrogen and oxygen atoms in total. The summed E-state index contributed by atoms with van der Waals surface area (Å²) < 4.78 is 36.5. The summed E-state index contributed by atoms with van der Waals surface area (Å²) >= 11 is 0. The second-order valence-corrected chi connectivity index (χ2v) is 5.22. The molecule has 1 N–H and O–H groups in total. The number of halogens is 3. The predicted octanol–water partition coefficient (Wildman–Crippen LogP) is 2.89. The molecular weight excluding hydrogens is 229 g/mol. The summed E-state index contributed by atoms with van der Waals surface area (Å²) in [6, 6.07) is 0.493. The summed E-state index contributed by atoms with van der Waals surface area (Å²) in [7, 11) is 1.76. The molecule has 1 unspecified atom stereocenters. The molecule has 0 heterocycles. The fourth-order valence-corrected chi connectivity index (χ4v) is 1.73. The lowest BCUT2D eigenvalue weighted by atomic mass is 10.0. The molecule has 0 radical (unpaired) electrons. The lowest BCUT2D eigenvalue weighted by Crippen LogP contribution is -2.46. The first-order valence-electron chi connectivity index (χ1n) is 6.14. The molecule has 0 aromatic rings. The highest BCUT2D eigenvalue weighted by atomic mass is 19.4. The van der Waals surface area contributed by atoms with Crippen LogP contribution in [0, 0.1) is 5.92 Å². The Labute approximate surface area is 103 Å². The maximum absolute atomic E-state index is 12.2. The van der Waals surface area contributed by atoms with Gasteiger partial charge in [0.1, 0.15) is 0 Å². The first-order valence-corrected chi connectivity index (χ1v) is 6.14. The smallest absolute Gasteiger partial charge is 0.313 e. The zero-order valence-electron chi connectivity index (χ0n) is 11.4. The fourth-order valence-electron chi connectivity index (χ4n) is 1.73. The van der Waals surface area contributed by atoms with E-state index in [2.05, 4.69) is 5.32 Å². The number of rotatable bonds is 7. The normalized spacial score (nSPS) is 15.0. The lowest BCUT2D eigenvalue weighted by Gasteiger charge is -2.32. The summed E-state index contributed by atoms with van der Waals surface area (Å²) in [5, 5.41) is 3.28. The first kappa shape index (κ1) is 16.7. The van der Waals surface area contributed by atoms with Crippen LogP contribution in [-0.2, 0) is 0 Å². The van der Waals surface area contributed by atoms with E-state index in [0.29, 0.717) is 12.0 Å². The van der Waals surface area contributed by atoms with Crippen molar-refractivity contribution in [3.05, 3.63) is 0 Å². The van der Waals surface area contributed by atoms with Crippen molar-refractivity contribution in [2.24, 2.45) is 5.92 Å². The summed E-state index contributed by atoms with van der Waals surface area (Å²) in [4.78, 5) is 1.80. The minimum Gasteiger partial charge on any atom is -0.313 e. The first-order chi connectivity index (χ1) is 7.63. The van der Waals surface area contributed by atoms with E-state index in [9.17, 15) is 13.2 Å². The van der Waals surface area contributed by atoms with Gasteiger partial charge < -0.3 is 10.2 Å². The van der Waals surface area contributed by atoms with Gasteiger partial charge >= 0.3 is 6.18 Å². The maximum Gasteiger partial charge on any atom is 0.390 e. The van der Waals surface area contributed by atoms with Gasteiger partial charge in [-0.05, 0) is 13.0 Å². The highest BCUT2D eigenvalue weighted by molar-refractivity contribution is 4.76. The average molecular weight is 254 g/mol. The van der Waals surface area contributed by atoms with Gasteiger partial charge in [0, 0.05) is 25.2 Å². The average Bonchev–Trinajstić information content (AvgIpc) is 2.12. The second-order valence-electron chi connectivity index (χ2n) is 5.22. The number of hydrogen-bond acceptors (Lipinski definition) is 2. The van der Waals surface area contributed by atoms with Crippen molar-refractivity contribution in [3.63, 3.8) is 0 Å². The van der Waals surface area contributed by atoms with Crippen LogP contribution >= 0.6 is 0 Å². The zero-order valence-corrected chi connectivity index (χ0v) is 11.4. The van der Waals surface area contributed by atoms with Crippen molar-refractivity contribution in [3.8, 4) is 0 Å². The minimum atomic E-state index is -4.07. The third-order valence-electron chi connectivity index (χ3n) is 2.82. The van der Waals surface area contributed by atoms with Crippen LogP contribution in [0.2, 0.25) is 0 Å². The molecule has 0 aliphatic carbocycles. The molecule has 0 spiro atoms. The number of alkyl halides is 3. The van der Waals surface area contributed by atoms with Crippen molar-refractivity contribution < 1.29 is 13.2 Å². The summed E-state index contributed by atoms with van der Waals surface area (Å²) in [6.07, 6.45) is -4.81. The van der Waals surface area contributed by atoms with Crippen molar-refractivity contribution in [1.29, 1.82) is 0 Å². The van der Waals surface area contributed by atoms with Gasteiger partial charge in [-0.15, -0.1) is 0 Å². The van der Waals surface area contributed by atoms with Crippen molar-refractivity contribution in [2.75, 3.05) is 20.1 Å². The topological polar surface area (TPSA) is 15.3 Å². The Balaban J connectivity index is 4.20. The molecule has 0 aromatic heterocycles. The highest BCUT2D eigenvalue weighted by Gasteiger charge is 2.29. The predicted molar refractivity (Wildman–Crippen MR) is 65.1 cm³/mol. The Morgan fingerprint density at radius 3 is 2.00 bits per heavy atom. The Hall–Kier alpha value is -0.290. The number of likely N-dealkylation sites (N-methyl/N-ethyl adjacent to an activating group) is 1. The van der Waals surface area contributed by atoms with Crippen molar-refractivity contribution in [1.82, 2.24) is 10.2 Å². The standard InChI is InChI=1S/C12H25F3N2/c1-9(2)11(8-16-10(3)4)17(5)7-6-12(13,14)15/h9-11,16H,6-8H2,1-5H3. The SMILES string of the molecule is CC(C)NCC(C(C)C)N(C)CCC(F)(F)F. The summed E-state index contributed by atoms with van der Waals surface area (Å²) in [5.41, 5.74) is 0. The number of hydrogen-bond donors (Lipinski definition) is 1. The quantitative estimate of drug-likeness (QED) is 0.751. The highest BCUT2D eigenvalue weighted by Crippen LogP contribution is 2.20. The van der Waals surface area contributed by atoms with E-state index in [1.54, 1.807) is 11.9 Å². The molecule has 0 aliphatic rings. The van der Waals surface area contributed by atoms with Crippen LogP contribution in [0.15, 0.2) is 0 Å². The van der Waals surface area contributed by atoms with Gasteiger partial charge in [-0.1, -0.05) is 27.7 Å². The van der Waals surface area contributed by atoms with E-state index in [1.165, 1.54) is 0 Å². The van der Waals surface area contributed by atoms with E-state index in [1.807, 2.05) is 27.7 Å². The summed E-state index contributed by atoms with van der Waals surface area (Å²) in [5.74, 6) is 0.333. The van der Waals surface area contributed by atoms with Crippen LogP contribution in [0.1, 0.15) is 34.1 Å². The largest absolute Gasteiger partial charge is 0.390 e. The van der Waals surface area contributed by atoms with E-state index < -0.39 is 12.6 Å². The molecule has 17 heavy (non-hydrogen) atoms. The van der Waals surface area contributed by atoms with Crippen molar-refractivity contribution >= 4 is 0 Å². The fraction of sp³-hybridized carbons (Fsp3) is 1.00. The molecule has 0 rings (SSSR count). The molecule has 0 amide bonds. The van der Waals surface area contributed by atoms with Gasteiger partial charge in [0.05, 0.1) is 6.42 Å². The van der Waals surface area contributed by atoms with Crippen LogP contribution < -0.4 is 5.32 Å². The van der Waals surface area contributed by atoms with Crippen LogP contribution in [-0.4, -0.2) is 43.3 Å². The molecule has 5 heteroatoms. The second kappa shape index (κ2) is 7.21. The molecule has 104 valence electrons. The molecule has 0 fully saturated rings. The van der Waals surface area contributed by atoms with Gasteiger partial charge in [0.2, 0.25) is 0 Å². The van der Waals surface area contributed by atoms with Crippen LogP contribution in [0.5, 0.6) is 0 Å².